The number of allylic oxidation sites excluding steroid dienone is 1. The summed E-state index contributed by atoms with van der Waals surface area (Å²) in [5, 5.41) is 4.97. The molecule has 0 saturated carbocycles. The Morgan fingerprint density at radius 1 is 0.417 bits per heavy atom. The van der Waals surface area contributed by atoms with Crippen LogP contribution in [0.5, 0.6) is 0 Å². The highest BCUT2D eigenvalue weighted by Crippen LogP contribution is 2.63. The highest BCUT2D eigenvalue weighted by atomic mass is 32.2. The quantitative estimate of drug-likeness (QED) is 0.163. The van der Waals surface area contributed by atoms with Crippen LogP contribution >= 0.6 is 11.8 Å². The van der Waals surface area contributed by atoms with Crippen molar-refractivity contribution < 1.29 is 0 Å². The minimum atomic E-state index is -0.455. The number of hydrogen-bond acceptors (Lipinski definition) is 3. The molecule has 0 bridgehead atoms. The van der Waals surface area contributed by atoms with Crippen LogP contribution in [0.4, 0.5) is 0 Å². The van der Waals surface area contributed by atoms with Crippen LogP contribution in [0, 0.1) is 0 Å². The molecule has 3 aliphatic rings. The lowest BCUT2D eigenvalue weighted by atomic mass is 9.67. The third-order valence-corrected chi connectivity index (χ3v) is 13.9. The maximum Gasteiger partial charge on any atom is 0.160 e. The molecule has 3 heteroatoms. The van der Waals surface area contributed by atoms with Crippen LogP contribution in [0.2, 0.25) is 0 Å². The molecule has 0 atom stereocenters. The van der Waals surface area contributed by atoms with Crippen molar-refractivity contribution in [2.24, 2.45) is 9.98 Å². The Kier molecular flexibility index (Phi) is 8.18. The summed E-state index contributed by atoms with van der Waals surface area (Å²) in [4.78, 5) is 13.7. The summed E-state index contributed by atoms with van der Waals surface area (Å²) in [5.41, 5.74) is 15.0. The van der Waals surface area contributed by atoms with Crippen molar-refractivity contribution in [3.05, 3.63) is 245 Å². The topological polar surface area (TPSA) is 24.7 Å². The van der Waals surface area contributed by atoms with Crippen LogP contribution in [-0.2, 0) is 5.41 Å². The normalized spacial score (nSPS) is 17.5. The van der Waals surface area contributed by atoms with Gasteiger partial charge in [-0.3, -0.25) is 0 Å². The van der Waals surface area contributed by atoms with E-state index in [9.17, 15) is 0 Å². The smallest absolute Gasteiger partial charge is 0.160 e. The first-order valence-electron chi connectivity index (χ1n) is 20.8. The molecule has 282 valence electrons. The van der Waals surface area contributed by atoms with Crippen molar-refractivity contribution in [3.63, 3.8) is 0 Å². The molecule has 0 amide bonds. The number of amidine groups is 1. The molecule has 0 saturated heterocycles. The molecular formula is C57H38N2S. The second-order valence-electron chi connectivity index (χ2n) is 15.9. The van der Waals surface area contributed by atoms with Gasteiger partial charge in [-0.05, 0) is 96.6 Å². The fourth-order valence-corrected chi connectivity index (χ4v) is 11.3. The van der Waals surface area contributed by atoms with Gasteiger partial charge in [0.15, 0.2) is 5.84 Å². The first-order valence-corrected chi connectivity index (χ1v) is 21.6. The Morgan fingerprint density at radius 3 is 1.85 bits per heavy atom. The third-order valence-electron chi connectivity index (χ3n) is 12.7. The predicted octanol–water partition coefficient (Wildman–Crippen LogP) is 14.6. The minimum Gasteiger partial charge on any atom is -0.232 e. The summed E-state index contributed by atoms with van der Waals surface area (Å²) in [5.74, 6) is 0.721. The summed E-state index contributed by atoms with van der Waals surface area (Å²) < 4.78 is 0. The van der Waals surface area contributed by atoms with Gasteiger partial charge in [0.25, 0.3) is 0 Å². The second-order valence-corrected chi connectivity index (χ2v) is 16.9. The van der Waals surface area contributed by atoms with Crippen LogP contribution in [0.1, 0.15) is 51.8 Å². The molecule has 0 aromatic heterocycles. The van der Waals surface area contributed by atoms with Crippen molar-refractivity contribution in [1.82, 2.24) is 0 Å². The highest BCUT2D eigenvalue weighted by molar-refractivity contribution is 7.99. The zero-order chi connectivity index (χ0) is 39.6. The molecule has 0 radical (unpaired) electrons. The van der Waals surface area contributed by atoms with Gasteiger partial charge in [0, 0.05) is 20.9 Å². The van der Waals surface area contributed by atoms with E-state index in [4.69, 9.17) is 9.98 Å². The lowest BCUT2D eigenvalue weighted by Crippen LogP contribution is -2.32. The summed E-state index contributed by atoms with van der Waals surface area (Å²) in [6.45, 7) is 0. The van der Waals surface area contributed by atoms with E-state index < -0.39 is 5.41 Å². The van der Waals surface area contributed by atoms with E-state index in [0.29, 0.717) is 0 Å². The third kappa shape index (κ3) is 5.36. The molecule has 0 unspecified atom stereocenters. The number of rotatable bonds is 4. The van der Waals surface area contributed by atoms with Crippen LogP contribution in [0.15, 0.2) is 226 Å². The zero-order valence-electron chi connectivity index (χ0n) is 32.8. The lowest BCUT2D eigenvalue weighted by molar-refractivity contribution is 0.723. The van der Waals surface area contributed by atoms with E-state index in [2.05, 4.69) is 206 Å². The molecule has 12 rings (SSSR count). The number of nitrogens with zero attached hydrogens (tertiary/aromatic N) is 2. The van der Waals surface area contributed by atoms with E-state index in [-0.39, 0.29) is 0 Å². The second kappa shape index (κ2) is 14.0. The van der Waals surface area contributed by atoms with Crippen molar-refractivity contribution >= 4 is 50.6 Å². The van der Waals surface area contributed by atoms with E-state index in [0.717, 1.165) is 52.3 Å². The fourth-order valence-electron chi connectivity index (χ4n) is 10.0. The van der Waals surface area contributed by atoms with Gasteiger partial charge in [-0.25, -0.2) is 9.98 Å². The first kappa shape index (κ1) is 34.9. The number of fused-ring (bicyclic) bond motifs is 12. The summed E-state index contributed by atoms with van der Waals surface area (Å²) in [6.07, 6.45) is 3.95. The van der Waals surface area contributed by atoms with Crippen molar-refractivity contribution in [2.75, 3.05) is 0 Å². The van der Waals surface area contributed by atoms with Crippen molar-refractivity contribution in [3.8, 4) is 22.3 Å². The summed E-state index contributed by atoms with van der Waals surface area (Å²) in [6, 6.07) is 73.2. The Balaban J connectivity index is 1.07. The van der Waals surface area contributed by atoms with Crippen molar-refractivity contribution in [2.45, 2.75) is 28.0 Å². The predicted molar refractivity (Wildman–Crippen MR) is 251 cm³/mol. The molecule has 9 aromatic carbocycles. The van der Waals surface area contributed by atoms with Crippen molar-refractivity contribution in [1.29, 1.82) is 0 Å². The molecule has 0 N–H and O–H groups in total. The first-order chi connectivity index (χ1) is 29.8. The maximum absolute atomic E-state index is 5.57. The van der Waals surface area contributed by atoms with Gasteiger partial charge < -0.3 is 0 Å². The van der Waals surface area contributed by atoms with Crippen LogP contribution in [0.25, 0.3) is 49.5 Å². The Morgan fingerprint density at radius 2 is 1.03 bits per heavy atom. The number of hydrogen-bond donors (Lipinski definition) is 0. The van der Waals surface area contributed by atoms with Gasteiger partial charge in [0.2, 0.25) is 0 Å². The van der Waals surface area contributed by atoms with Crippen LogP contribution in [-0.4, -0.2) is 11.5 Å². The number of benzene rings is 9. The minimum absolute atomic E-state index is 0.455. The molecule has 60 heavy (non-hydrogen) atoms. The Hall–Kier alpha value is -7.07. The molecule has 2 aliphatic heterocycles. The van der Waals surface area contributed by atoms with Crippen LogP contribution in [0.3, 0.4) is 0 Å². The standard InChI is InChI=1S/C57H38N2S/c1-2-17-38(18-3-1)52-29-15-30-53(40-34-35-42-39(36-40)33-32-37-16-4-5-19-41(37)42)59-56(58-52)47-23-7-6-20-43(47)46-24-14-28-51-55(46)60-54-31-13-12-27-50(54)57(51)48-25-10-8-21-44(48)45-22-9-11-26-49(45)57/h1-14,16-28,30-36H,15,29H2/b53-30-,58-52+,59-56-. The monoisotopic (exact) mass is 782 g/mol. The van der Waals surface area contributed by atoms with Gasteiger partial charge in [-0.2, -0.15) is 0 Å². The van der Waals surface area contributed by atoms with E-state index in [1.807, 2.05) is 11.8 Å². The summed E-state index contributed by atoms with van der Waals surface area (Å²) in [7, 11) is 0. The molecule has 1 aliphatic carbocycles. The molecule has 0 fully saturated rings. The zero-order valence-corrected chi connectivity index (χ0v) is 33.7. The Bertz CT molecular complexity index is 3250. The maximum atomic E-state index is 5.57. The molecule has 9 aromatic rings. The number of aliphatic imine (C=N–C) groups is 2. The van der Waals surface area contributed by atoms with Gasteiger partial charge >= 0.3 is 0 Å². The average Bonchev–Trinajstić information content (AvgIpc) is 3.59. The van der Waals surface area contributed by atoms with Gasteiger partial charge in [-0.1, -0.05) is 206 Å². The lowest BCUT2D eigenvalue weighted by Gasteiger charge is -2.40. The van der Waals surface area contributed by atoms with Gasteiger partial charge in [0.05, 0.1) is 16.8 Å². The Labute approximate surface area is 354 Å². The van der Waals surface area contributed by atoms with Gasteiger partial charge in [0.1, 0.15) is 0 Å². The molecule has 2 heterocycles. The largest absolute Gasteiger partial charge is 0.232 e. The SMILES string of the molecule is C1=C(c2ccc3c(ccc4ccccc43)c2)/N=C(c2ccccc2-c2cccc3c2Sc2ccccc2C32c3ccccc3-c3ccccc32)\N=C(\c2ccccc2)CC\1. The van der Waals surface area contributed by atoms with E-state index in [1.165, 1.54) is 70.3 Å². The van der Waals surface area contributed by atoms with E-state index >= 15 is 0 Å². The highest BCUT2D eigenvalue weighted by Gasteiger charge is 2.50. The van der Waals surface area contributed by atoms with E-state index in [1.54, 1.807) is 0 Å². The molecule has 2 nitrogen and oxygen atoms in total. The molecular weight excluding hydrogens is 745 g/mol. The fraction of sp³-hybridized carbons (Fsp3) is 0.0526. The van der Waals surface area contributed by atoms with Gasteiger partial charge in [-0.15, -0.1) is 0 Å². The molecule has 1 spiro atoms. The average molecular weight is 783 g/mol. The van der Waals surface area contributed by atoms with Crippen LogP contribution < -0.4 is 0 Å². The summed E-state index contributed by atoms with van der Waals surface area (Å²) >= 11 is 1.89.